The van der Waals surface area contributed by atoms with Crippen molar-refractivity contribution < 1.29 is 90.1 Å². The van der Waals surface area contributed by atoms with Crippen molar-refractivity contribution in [1.29, 1.82) is 0 Å². The number of hydrogen-bond acceptors (Lipinski definition) is 6. The predicted molar refractivity (Wildman–Crippen MR) is 261 cm³/mol. The van der Waals surface area contributed by atoms with E-state index in [0.29, 0.717) is 46.5 Å². The number of halogens is 14. The highest BCUT2D eigenvalue weighted by Crippen LogP contribution is 2.40. The molecule has 1 N–H and O–H groups in total. The quantitative estimate of drug-likeness (QED) is 0.176. The number of nitrogens with one attached hydrogen (secondary N) is 1. The average molecular weight is 1140 g/mol. The van der Waals surface area contributed by atoms with Gasteiger partial charge in [0, 0.05) is 57.1 Å². The molecule has 24 heteroatoms. The zero-order valence-corrected chi connectivity index (χ0v) is 44.5. The van der Waals surface area contributed by atoms with Crippen LogP contribution in [0.15, 0.2) is 72.8 Å². The summed E-state index contributed by atoms with van der Waals surface area (Å²) >= 11 is 0. The second-order valence-electron chi connectivity index (χ2n) is 21.6. The molecule has 4 atom stereocenters. The number of likely N-dealkylation sites (N-methyl/N-ethyl adjacent to an activating group) is 1. The number of ether oxygens (including phenoxy) is 2. The summed E-state index contributed by atoms with van der Waals surface area (Å²) in [6.45, 7) is 14.1. The third kappa shape index (κ3) is 17.7. The van der Waals surface area contributed by atoms with Crippen LogP contribution in [-0.4, -0.2) is 95.2 Å². The van der Waals surface area contributed by atoms with E-state index in [2.05, 4.69) is 5.32 Å². The summed E-state index contributed by atoms with van der Waals surface area (Å²) in [6, 6.07) is 9.05. The Morgan fingerprint density at radius 1 is 0.544 bits per heavy atom. The van der Waals surface area contributed by atoms with E-state index in [9.17, 15) is 80.6 Å². The van der Waals surface area contributed by atoms with Gasteiger partial charge >= 0.3 is 36.9 Å². The molecule has 0 unspecified atom stereocenters. The van der Waals surface area contributed by atoms with E-state index in [0.717, 1.165) is 0 Å². The third-order valence-electron chi connectivity index (χ3n) is 13.0. The first-order valence-electron chi connectivity index (χ1n) is 24.7. The fourth-order valence-corrected chi connectivity index (χ4v) is 9.41. The highest BCUT2D eigenvalue weighted by atomic mass is 19.4. The molecule has 4 aromatic rings. The van der Waals surface area contributed by atoms with Crippen LogP contribution in [0.1, 0.15) is 122 Å². The van der Waals surface area contributed by atoms with E-state index in [4.69, 9.17) is 9.47 Å². The maximum atomic E-state index is 13.9. The summed E-state index contributed by atoms with van der Waals surface area (Å²) in [4.78, 5) is 55.8. The molecular weight excluding hydrogens is 1080 g/mol. The largest absolute Gasteiger partial charge is 0.444 e. The Morgan fingerprint density at radius 2 is 0.911 bits per heavy atom. The lowest BCUT2D eigenvalue weighted by atomic mass is 9.83. The molecule has 4 amide bonds. The van der Waals surface area contributed by atoms with Gasteiger partial charge in [0.05, 0.1) is 35.1 Å². The number of carbonyl (C=O) groups excluding carboxylic acids is 4. The first kappa shape index (κ1) is 63.2. The summed E-state index contributed by atoms with van der Waals surface area (Å²) < 4.78 is 198. The minimum Gasteiger partial charge on any atom is -0.444 e. The van der Waals surface area contributed by atoms with Crippen molar-refractivity contribution in [2.24, 2.45) is 0 Å². The van der Waals surface area contributed by atoms with Gasteiger partial charge in [-0.2, -0.15) is 52.7 Å². The van der Waals surface area contributed by atoms with Gasteiger partial charge in [-0.25, -0.2) is 18.4 Å². The van der Waals surface area contributed by atoms with Gasteiger partial charge < -0.3 is 29.5 Å². The topological polar surface area (TPSA) is 108 Å². The summed E-state index contributed by atoms with van der Waals surface area (Å²) in [7, 11) is 1.42. The van der Waals surface area contributed by atoms with Crippen LogP contribution in [0.25, 0.3) is 0 Å². The summed E-state index contributed by atoms with van der Waals surface area (Å²) in [5, 5.41) is 2.71. The van der Waals surface area contributed by atoms with Crippen LogP contribution < -0.4 is 5.32 Å². The van der Waals surface area contributed by atoms with Gasteiger partial charge in [-0.05, 0) is 162 Å². The molecule has 2 heterocycles. The SMILES string of the molecule is Cc1cc(F)ccc1[C@@H]1CN(C(=O)OC(C)(C)C)CC[C@H]1N(C)C(=O)Cc1cc(C(F)(F)F)cc(C(F)(F)F)c1.Cc1cc(F)ccc1[C@H]1CN(C(=O)OC(C)(C)C)CC[C@@H]1NC(=O)Cc1cc(C(F)(F)F)cc(C(F)(F)F)c1. The standard InChI is InChI=1S/C28H31F7N2O3.C27H29F7N2O3/c1-16-10-20(29)6-7-21(16)22-15-37(25(39)40-26(2,3)4)9-8-23(22)36(5)24(38)13-17-11-18(27(30,31)32)14-19(12-17)28(33,34)35;1-15-9-19(28)5-6-20(15)21-14-36(24(38)39-25(2,3)4)8-7-22(21)35-23(37)12-16-10-17(26(29,30)31)13-18(11-16)27(32,33)34/h6-7,10-12,14,22-23H,8-9,13,15H2,1-5H3;5-6,9-11,13,21-22H,7-8,12,14H2,1-4H3,(H,35,37)/t22-,23+;21-,22+/m01/s1. The van der Waals surface area contributed by atoms with E-state index in [1.54, 1.807) is 61.5 Å². The van der Waals surface area contributed by atoms with Crippen molar-refractivity contribution in [3.8, 4) is 0 Å². The first-order valence-corrected chi connectivity index (χ1v) is 24.7. The van der Waals surface area contributed by atoms with Gasteiger partial charge in [0.25, 0.3) is 0 Å². The summed E-state index contributed by atoms with van der Waals surface area (Å²) in [6.07, 6.45) is -22.3. The van der Waals surface area contributed by atoms with E-state index in [-0.39, 0.29) is 51.2 Å². The molecule has 0 spiro atoms. The van der Waals surface area contributed by atoms with Gasteiger partial charge in [-0.15, -0.1) is 0 Å². The van der Waals surface area contributed by atoms with Crippen molar-refractivity contribution >= 4 is 24.0 Å². The van der Waals surface area contributed by atoms with Crippen molar-refractivity contribution in [2.45, 2.75) is 141 Å². The monoisotopic (exact) mass is 1140 g/mol. The maximum absolute atomic E-state index is 13.9. The van der Waals surface area contributed by atoms with E-state index in [1.807, 2.05) is 0 Å². The molecule has 0 aliphatic carbocycles. The van der Waals surface area contributed by atoms with Crippen LogP contribution in [0, 0.1) is 25.5 Å². The Bertz CT molecular complexity index is 2790. The second kappa shape index (κ2) is 24.0. The molecule has 0 radical (unpaired) electrons. The fraction of sp³-hybridized carbons (Fsp3) is 0.491. The van der Waals surface area contributed by atoms with Crippen molar-refractivity contribution in [1.82, 2.24) is 20.0 Å². The Balaban J connectivity index is 0.000000291. The maximum Gasteiger partial charge on any atom is 0.416 e. The zero-order valence-electron chi connectivity index (χ0n) is 44.5. The minimum atomic E-state index is -5.04. The molecule has 0 aromatic heterocycles. The molecule has 2 saturated heterocycles. The molecule has 2 aliphatic heterocycles. The lowest BCUT2D eigenvalue weighted by molar-refractivity contribution is -0.144. The molecule has 79 heavy (non-hydrogen) atoms. The van der Waals surface area contributed by atoms with Gasteiger partial charge in [0.2, 0.25) is 11.8 Å². The van der Waals surface area contributed by atoms with Crippen molar-refractivity contribution in [3.63, 3.8) is 0 Å². The second-order valence-corrected chi connectivity index (χ2v) is 21.6. The molecule has 434 valence electrons. The summed E-state index contributed by atoms with van der Waals surface area (Å²) in [5.74, 6) is -3.52. The van der Waals surface area contributed by atoms with E-state index in [1.165, 1.54) is 52.1 Å². The van der Waals surface area contributed by atoms with Crippen LogP contribution in [0.4, 0.5) is 71.1 Å². The summed E-state index contributed by atoms with van der Waals surface area (Å²) in [5.41, 5.74) is -6.02. The molecule has 4 aromatic carbocycles. The zero-order chi connectivity index (χ0) is 59.5. The van der Waals surface area contributed by atoms with Crippen molar-refractivity contribution in [3.05, 3.63) is 140 Å². The van der Waals surface area contributed by atoms with Crippen LogP contribution in [0.2, 0.25) is 0 Å². The highest BCUT2D eigenvalue weighted by Gasteiger charge is 2.42. The van der Waals surface area contributed by atoms with Gasteiger partial charge in [-0.1, -0.05) is 12.1 Å². The number of amides is 4. The van der Waals surface area contributed by atoms with Gasteiger partial charge in [0.15, 0.2) is 0 Å². The van der Waals surface area contributed by atoms with Gasteiger partial charge in [-0.3, -0.25) is 9.59 Å². The fourth-order valence-electron chi connectivity index (χ4n) is 9.41. The Morgan fingerprint density at radius 3 is 1.29 bits per heavy atom. The first-order chi connectivity index (χ1) is 36.1. The number of hydrogen-bond donors (Lipinski definition) is 1. The average Bonchev–Trinajstić information content (AvgIpc) is 3.31. The predicted octanol–water partition coefficient (Wildman–Crippen LogP) is 13.6. The van der Waals surface area contributed by atoms with E-state index < -0.39 is 142 Å². The smallest absolute Gasteiger partial charge is 0.416 e. The number of carbonyl (C=O) groups is 4. The molecule has 10 nitrogen and oxygen atoms in total. The van der Waals surface area contributed by atoms with E-state index >= 15 is 0 Å². The minimum absolute atomic E-state index is 0.00113. The molecule has 0 saturated carbocycles. The molecular formula is C55H60F14N4O6. The third-order valence-corrected chi connectivity index (χ3v) is 13.0. The number of aryl methyl sites for hydroxylation is 2. The Kier molecular flexibility index (Phi) is 19.2. The number of benzene rings is 4. The molecule has 2 aliphatic rings. The lowest BCUT2D eigenvalue weighted by Crippen LogP contribution is -2.53. The molecule has 2 fully saturated rings. The van der Waals surface area contributed by atoms with Crippen LogP contribution >= 0.6 is 0 Å². The van der Waals surface area contributed by atoms with Crippen LogP contribution in [-0.2, 0) is 56.6 Å². The number of likely N-dealkylation sites (tertiary alicyclic amines) is 2. The Hall–Kier alpha value is -6.62. The normalized spacial score (nSPS) is 18.5. The highest BCUT2D eigenvalue weighted by molar-refractivity contribution is 5.80. The number of alkyl halides is 12. The molecule has 0 bridgehead atoms. The van der Waals surface area contributed by atoms with Gasteiger partial charge in [0.1, 0.15) is 22.8 Å². The van der Waals surface area contributed by atoms with Crippen LogP contribution in [0.3, 0.4) is 0 Å². The number of nitrogens with zero attached hydrogens (tertiary/aromatic N) is 3. The van der Waals surface area contributed by atoms with Crippen molar-refractivity contribution in [2.75, 3.05) is 33.2 Å². The lowest BCUT2D eigenvalue weighted by Gasteiger charge is -2.43. The number of rotatable bonds is 8. The van der Waals surface area contributed by atoms with Crippen LogP contribution in [0.5, 0.6) is 0 Å². The Labute approximate surface area is 447 Å². The number of piperidine rings is 2. The molecule has 6 rings (SSSR count).